The number of fused-ring (bicyclic) bond motifs is 1. The van der Waals surface area contributed by atoms with E-state index < -0.39 is 0 Å². The smallest absolute Gasteiger partial charge is 0.144 e. The summed E-state index contributed by atoms with van der Waals surface area (Å²) < 4.78 is 18.5. The van der Waals surface area contributed by atoms with E-state index in [1.54, 1.807) is 6.07 Å². The minimum absolute atomic E-state index is 0.145. The second kappa shape index (κ2) is 7.36. The van der Waals surface area contributed by atoms with Crippen molar-refractivity contribution in [2.45, 2.75) is 46.1 Å². The Morgan fingerprint density at radius 3 is 2.79 bits per heavy atom. The lowest BCUT2D eigenvalue weighted by molar-refractivity contribution is 0.276. The molecule has 1 aromatic carbocycles. The van der Waals surface area contributed by atoms with Crippen LogP contribution < -0.4 is 0 Å². The minimum Gasteiger partial charge on any atom is -0.390 e. The topological polar surface area (TPSA) is 55.9 Å². The third-order valence-electron chi connectivity index (χ3n) is 5.35. The summed E-state index contributed by atoms with van der Waals surface area (Å²) in [5.41, 5.74) is 6.21. The zero-order valence-electron chi connectivity index (χ0n) is 16.5. The average molecular weight is 380 g/mol. The van der Waals surface area contributed by atoms with Crippen LogP contribution in [0.5, 0.6) is 0 Å². The molecule has 28 heavy (non-hydrogen) atoms. The molecule has 0 unspecified atom stereocenters. The highest BCUT2D eigenvalue weighted by atomic mass is 19.1. The first kappa shape index (κ1) is 18.6. The van der Waals surface area contributed by atoms with Crippen LogP contribution in [0.1, 0.15) is 48.0 Å². The molecule has 0 saturated carbocycles. The van der Waals surface area contributed by atoms with Crippen LogP contribution in [0.15, 0.2) is 24.4 Å². The van der Waals surface area contributed by atoms with Gasteiger partial charge in [0.25, 0.3) is 0 Å². The molecule has 6 heteroatoms. The summed E-state index contributed by atoms with van der Waals surface area (Å²) in [5, 5.41) is 14.2. The van der Waals surface area contributed by atoms with Gasteiger partial charge in [-0.3, -0.25) is 4.68 Å². The second-order valence-electron chi connectivity index (χ2n) is 7.36. The first-order valence-electron chi connectivity index (χ1n) is 9.73. The van der Waals surface area contributed by atoms with Gasteiger partial charge in [-0.05, 0) is 43.9 Å². The van der Waals surface area contributed by atoms with Crippen LogP contribution in [0.4, 0.5) is 4.39 Å². The molecular weight excluding hydrogens is 355 g/mol. The van der Waals surface area contributed by atoms with Crippen molar-refractivity contribution >= 4 is 11.8 Å². The molecule has 3 aromatic rings. The summed E-state index contributed by atoms with van der Waals surface area (Å²) in [7, 11) is 1.92. The van der Waals surface area contributed by atoms with E-state index in [0.717, 1.165) is 59.5 Å². The lowest BCUT2D eigenvalue weighted by atomic mass is 10.0. The fourth-order valence-corrected chi connectivity index (χ4v) is 3.94. The van der Waals surface area contributed by atoms with Crippen LogP contribution in [0.25, 0.3) is 23.2 Å². The number of rotatable bonds is 5. The summed E-state index contributed by atoms with van der Waals surface area (Å²) in [6, 6.07) is 5.32. The Balaban J connectivity index is 1.84. The second-order valence-corrected chi connectivity index (χ2v) is 7.36. The van der Waals surface area contributed by atoms with E-state index in [1.165, 1.54) is 0 Å². The van der Waals surface area contributed by atoms with Crippen molar-refractivity contribution in [2.75, 3.05) is 0 Å². The van der Waals surface area contributed by atoms with Crippen LogP contribution in [0.2, 0.25) is 0 Å². The molecule has 0 atom stereocenters. The van der Waals surface area contributed by atoms with Crippen molar-refractivity contribution in [1.82, 2.24) is 19.3 Å². The van der Waals surface area contributed by atoms with Gasteiger partial charge in [0.15, 0.2) is 0 Å². The van der Waals surface area contributed by atoms with Crippen LogP contribution in [0, 0.1) is 12.7 Å². The molecule has 2 heterocycles. The third-order valence-corrected chi connectivity index (χ3v) is 5.35. The highest BCUT2D eigenvalue weighted by Crippen LogP contribution is 2.33. The number of aromatic nitrogens is 4. The zero-order valence-corrected chi connectivity index (χ0v) is 16.5. The minimum atomic E-state index is -0.204. The molecule has 1 aliphatic carbocycles. The Morgan fingerprint density at radius 2 is 2.07 bits per heavy atom. The molecule has 0 spiro atoms. The molecule has 0 fully saturated rings. The van der Waals surface area contributed by atoms with E-state index in [-0.39, 0.29) is 12.4 Å². The third kappa shape index (κ3) is 3.18. The fraction of sp³-hybridized carbons (Fsp3) is 0.364. The van der Waals surface area contributed by atoms with Gasteiger partial charge in [-0.15, -0.1) is 0 Å². The predicted octanol–water partition coefficient (Wildman–Crippen LogP) is 4.12. The van der Waals surface area contributed by atoms with Crippen LogP contribution in [0.3, 0.4) is 0 Å². The standard InChI is InChI=1S/C22H25FN4O/c1-4-5-15-6-7-16(11-19(15)23)22-24-21(13-28)14(2)27(22)18-8-9-20-17(10-18)12-26(3)25-20/h6-7,10-12,28H,4-5,8-9,13H2,1-3H3. The molecule has 146 valence electrons. The van der Waals surface area contributed by atoms with Crippen molar-refractivity contribution in [2.24, 2.45) is 7.05 Å². The van der Waals surface area contributed by atoms with Crippen molar-refractivity contribution in [3.63, 3.8) is 0 Å². The molecule has 0 saturated heterocycles. The first-order chi connectivity index (χ1) is 13.5. The van der Waals surface area contributed by atoms with Crippen molar-refractivity contribution in [3.8, 4) is 11.4 Å². The summed E-state index contributed by atoms with van der Waals surface area (Å²) >= 11 is 0. The lowest BCUT2D eigenvalue weighted by Crippen LogP contribution is -2.08. The Hall–Kier alpha value is -2.73. The number of benzene rings is 1. The van der Waals surface area contributed by atoms with Gasteiger partial charge in [-0.25, -0.2) is 9.37 Å². The number of allylic oxidation sites excluding steroid dienone is 1. The summed E-state index contributed by atoms with van der Waals surface area (Å²) in [6.45, 7) is 3.84. The summed E-state index contributed by atoms with van der Waals surface area (Å²) in [4.78, 5) is 4.64. The molecule has 0 aliphatic heterocycles. The first-order valence-corrected chi connectivity index (χ1v) is 9.73. The molecule has 0 amide bonds. The molecule has 5 nitrogen and oxygen atoms in total. The molecule has 1 N–H and O–H groups in total. The van der Waals surface area contributed by atoms with Crippen molar-refractivity contribution in [1.29, 1.82) is 0 Å². The molecule has 2 aromatic heterocycles. The van der Waals surface area contributed by atoms with Crippen LogP contribution in [-0.2, 0) is 26.5 Å². The van der Waals surface area contributed by atoms with E-state index in [1.807, 2.05) is 43.9 Å². The number of aryl methyl sites for hydroxylation is 3. The van der Waals surface area contributed by atoms with Crippen LogP contribution >= 0.6 is 0 Å². The Morgan fingerprint density at radius 1 is 1.25 bits per heavy atom. The average Bonchev–Trinajstić information content (AvgIpc) is 3.21. The number of nitrogens with zero attached hydrogens (tertiary/aromatic N) is 4. The maximum atomic E-state index is 14.6. The number of hydrogen-bond acceptors (Lipinski definition) is 3. The Kier molecular flexibility index (Phi) is 4.89. The monoisotopic (exact) mass is 380 g/mol. The van der Waals surface area contributed by atoms with Gasteiger partial charge in [-0.2, -0.15) is 5.10 Å². The normalized spacial score (nSPS) is 13.5. The van der Waals surface area contributed by atoms with Gasteiger partial charge < -0.3 is 9.67 Å². The van der Waals surface area contributed by atoms with Crippen LogP contribution in [-0.4, -0.2) is 24.4 Å². The van der Waals surface area contributed by atoms with Crippen molar-refractivity contribution < 1.29 is 9.50 Å². The molecular formula is C22H25FN4O. The quantitative estimate of drug-likeness (QED) is 0.724. The van der Waals surface area contributed by atoms with Gasteiger partial charge in [0.2, 0.25) is 0 Å². The number of aliphatic hydroxyl groups is 1. The molecule has 0 radical (unpaired) electrons. The number of halogens is 1. The largest absolute Gasteiger partial charge is 0.390 e. The predicted molar refractivity (Wildman–Crippen MR) is 108 cm³/mol. The van der Waals surface area contributed by atoms with E-state index in [2.05, 4.69) is 20.7 Å². The SMILES string of the molecule is CCCc1ccc(-c2nc(CO)c(C)n2C2=Cc3cn(C)nc3CC2)cc1F. The van der Waals surface area contributed by atoms with Gasteiger partial charge in [-0.1, -0.05) is 25.5 Å². The van der Waals surface area contributed by atoms with Crippen molar-refractivity contribution in [3.05, 3.63) is 58.4 Å². The number of aliphatic hydroxyl groups excluding tert-OH is 1. The van der Waals surface area contributed by atoms with E-state index in [4.69, 9.17) is 0 Å². The highest BCUT2D eigenvalue weighted by Gasteiger charge is 2.22. The number of hydrogen-bond donors (Lipinski definition) is 1. The maximum Gasteiger partial charge on any atom is 0.144 e. The Bertz CT molecular complexity index is 1060. The fourth-order valence-electron chi connectivity index (χ4n) is 3.94. The highest BCUT2D eigenvalue weighted by molar-refractivity contribution is 5.78. The number of imidazole rings is 1. The molecule has 0 bridgehead atoms. The van der Waals surface area contributed by atoms with Gasteiger partial charge in [0, 0.05) is 35.8 Å². The van der Waals surface area contributed by atoms with Gasteiger partial charge >= 0.3 is 0 Å². The summed E-state index contributed by atoms with van der Waals surface area (Å²) in [6.07, 6.45) is 7.40. The van der Waals surface area contributed by atoms with Gasteiger partial charge in [0.1, 0.15) is 11.6 Å². The zero-order chi connectivity index (χ0) is 19.8. The maximum absolute atomic E-state index is 14.6. The lowest BCUT2D eigenvalue weighted by Gasteiger charge is -2.18. The van der Waals surface area contributed by atoms with E-state index in [9.17, 15) is 9.50 Å². The van der Waals surface area contributed by atoms with E-state index >= 15 is 0 Å². The molecule has 4 rings (SSSR count). The van der Waals surface area contributed by atoms with E-state index in [0.29, 0.717) is 11.5 Å². The molecule has 1 aliphatic rings. The summed E-state index contributed by atoms with van der Waals surface area (Å²) in [5.74, 6) is 0.464. The Labute approximate surface area is 164 Å². The van der Waals surface area contributed by atoms with Gasteiger partial charge in [0.05, 0.1) is 18.0 Å².